The number of carboxylic acid groups (broad SMARTS) is 1. The van der Waals surface area contributed by atoms with E-state index in [1.54, 1.807) is 19.1 Å². The van der Waals surface area contributed by atoms with Gasteiger partial charge in [-0.3, -0.25) is 4.79 Å². The molecular formula is C14H24O6. The number of aliphatic carboxylic acids is 1. The second-order valence-electron chi connectivity index (χ2n) is 5.31. The van der Waals surface area contributed by atoms with Gasteiger partial charge in [-0.15, -0.1) is 0 Å². The van der Waals surface area contributed by atoms with Crippen LogP contribution in [0.4, 0.5) is 0 Å². The maximum absolute atomic E-state index is 10.4. The molecule has 1 fully saturated rings. The number of aliphatic hydroxyl groups excluding tert-OH is 2. The highest BCUT2D eigenvalue weighted by Crippen LogP contribution is 2.23. The molecule has 1 saturated heterocycles. The molecule has 3 N–H and O–H groups in total. The normalized spacial score (nSPS) is 34.0. The van der Waals surface area contributed by atoms with E-state index in [0.29, 0.717) is 0 Å². The molecule has 6 nitrogen and oxygen atoms in total. The fourth-order valence-electron chi connectivity index (χ4n) is 1.94. The number of aliphatic hydroxyl groups is 2. The molecule has 0 aliphatic carbocycles. The van der Waals surface area contributed by atoms with E-state index in [-0.39, 0.29) is 31.0 Å². The van der Waals surface area contributed by atoms with E-state index in [2.05, 4.69) is 0 Å². The summed E-state index contributed by atoms with van der Waals surface area (Å²) in [6, 6.07) is 0. The molecule has 0 spiro atoms. The van der Waals surface area contributed by atoms with Gasteiger partial charge in [0.05, 0.1) is 24.7 Å². The molecule has 0 bridgehead atoms. The Labute approximate surface area is 119 Å². The van der Waals surface area contributed by atoms with Crippen molar-refractivity contribution in [2.45, 2.75) is 64.3 Å². The largest absolute Gasteiger partial charge is 0.481 e. The van der Waals surface area contributed by atoms with Gasteiger partial charge >= 0.3 is 5.97 Å². The van der Waals surface area contributed by atoms with Crippen LogP contribution in [0.2, 0.25) is 0 Å². The van der Waals surface area contributed by atoms with Gasteiger partial charge in [0.25, 0.3) is 0 Å². The monoisotopic (exact) mass is 288 g/mol. The average molecular weight is 288 g/mol. The minimum atomic E-state index is -0.879. The quantitative estimate of drug-likeness (QED) is 0.629. The summed E-state index contributed by atoms with van der Waals surface area (Å²) in [7, 11) is 0. The molecular weight excluding hydrogens is 264 g/mol. The van der Waals surface area contributed by atoms with Crippen molar-refractivity contribution in [1.82, 2.24) is 0 Å². The van der Waals surface area contributed by atoms with Crippen LogP contribution < -0.4 is 0 Å². The third-order valence-electron chi connectivity index (χ3n) is 3.51. The minimum Gasteiger partial charge on any atom is -0.481 e. The SMILES string of the molecule is CC1OC(O[C@H](C)C(C)/C=C\CC(=O)O)[C@@H](O)C[C@H]1O. The maximum atomic E-state index is 10.4. The molecule has 20 heavy (non-hydrogen) atoms. The number of hydrogen-bond donors (Lipinski definition) is 3. The fraction of sp³-hybridized carbons (Fsp3) is 0.786. The van der Waals surface area contributed by atoms with Crippen molar-refractivity contribution in [2.24, 2.45) is 5.92 Å². The van der Waals surface area contributed by atoms with Crippen molar-refractivity contribution in [2.75, 3.05) is 0 Å². The Morgan fingerprint density at radius 2 is 2.05 bits per heavy atom. The van der Waals surface area contributed by atoms with Crippen LogP contribution >= 0.6 is 0 Å². The van der Waals surface area contributed by atoms with Crippen molar-refractivity contribution in [3.8, 4) is 0 Å². The first-order valence-electron chi connectivity index (χ1n) is 6.86. The first-order valence-corrected chi connectivity index (χ1v) is 6.86. The molecule has 1 rings (SSSR count). The van der Waals surface area contributed by atoms with Crippen LogP contribution in [-0.4, -0.2) is 52.0 Å². The molecule has 0 radical (unpaired) electrons. The topological polar surface area (TPSA) is 96.2 Å². The summed E-state index contributed by atoms with van der Waals surface area (Å²) in [5, 5.41) is 28.0. The van der Waals surface area contributed by atoms with Crippen LogP contribution in [-0.2, 0) is 14.3 Å². The number of hydrogen-bond acceptors (Lipinski definition) is 5. The molecule has 0 aromatic rings. The first-order chi connectivity index (χ1) is 9.31. The zero-order valence-electron chi connectivity index (χ0n) is 12.1. The van der Waals surface area contributed by atoms with E-state index in [4.69, 9.17) is 14.6 Å². The Bertz CT molecular complexity index is 343. The van der Waals surface area contributed by atoms with Crippen LogP contribution in [0.3, 0.4) is 0 Å². The lowest BCUT2D eigenvalue weighted by molar-refractivity contribution is -0.276. The Hall–Kier alpha value is -0.950. The van der Waals surface area contributed by atoms with Gasteiger partial charge in [-0.1, -0.05) is 19.1 Å². The minimum absolute atomic E-state index is 0.00712. The van der Waals surface area contributed by atoms with Crippen molar-refractivity contribution in [3.63, 3.8) is 0 Å². The summed E-state index contributed by atoms with van der Waals surface area (Å²) < 4.78 is 11.1. The molecule has 6 atom stereocenters. The molecule has 6 heteroatoms. The fourth-order valence-corrected chi connectivity index (χ4v) is 1.94. The van der Waals surface area contributed by atoms with Crippen LogP contribution in [0, 0.1) is 5.92 Å². The van der Waals surface area contributed by atoms with E-state index in [1.807, 2.05) is 13.8 Å². The lowest BCUT2D eigenvalue weighted by Crippen LogP contribution is -2.48. The lowest BCUT2D eigenvalue weighted by atomic mass is 10.0. The number of ether oxygens (including phenoxy) is 2. The predicted octanol–water partition coefficient (Wildman–Crippen LogP) is 0.915. The third-order valence-corrected chi connectivity index (χ3v) is 3.51. The van der Waals surface area contributed by atoms with Gasteiger partial charge in [-0.2, -0.15) is 0 Å². The van der Waals surface area contributed by atoms with E-state index in [9.17, 15) is 15.0 Å². The second-order valence-corrected chi connectivity index (χ2v) is 5.31. The zero-order chi connectivity index (χ0) is 15.3. The van der Waals surface area contributed by atoms with E-state index in [1.165, 1.54) is 0 Å². The Balaban J connectivity index is 2.46. The van der Waals surface area contributed by atoms with Gasteiger partial charge in [0.1, 0.15) is 6.10 Å². The third kappa shape index (κ3) is 5.20. The number of carbonyl (C=O) groups is 1. The Morgan fingerprint density at radius 1 is 1.40 bits per heavy atom. The van der Waals surface area contributed by atoms with Gasteiger partial charge in [0.2, 0.25) is 0 Å². The highest BCUT2D eigenvalue weighted by molar-refractivity contribution is 5.68. The van der Waals surface area contributed by atoms with Crippen molar-refractivity contribution >= 4 is 5.97 Å². The van der Waals surface area contributed by atoms with Crippen LogP contribution in [0.25, 0.3) is 0 Å². The molecule has 3 unspecified atom stereocenters. The van der Waals surface area contributed by atoms with Crippen molar-refractivity contribution in [3.05, 3.63) is 12.2 Å². The summed E-state index contributed by atoms with van der Waals surface area (Å²) in [6.45, 7) is 5.46. The van der Waals surface area contributed by atoms with E-state index < -0.39 is 24.5 Å². The van der Waals surface area contributed by atoms with Gasteiger partial charge in [-0.25, -0.2) is 0 Å². The van der Waals surface area contributed by atoms with Crippen LogP contribution in [0.5, 0.6) is 0 Å². The second kappa shape index (κ2) is 7.73. The lowest BCUT2D eigenvalue weighted by Gasteiger charge is -2.37. The number of carboxylic acids is 1. The molecule has 1 heterocycles. The first kappa shape index (κ1) is 17.1. The molecule has 0 saturated carbocycles. The average Bonchev–Trinajstić information content (AvgIpc) is 2.35. The van der Waals surface area contributed by atoms with Crippen molar-refractivity contribution in [1.29, 1.82) is 0 Å². The van der Waals surface area contributed by atoms with Crippen molar-refractivity contribution < 1.29 is 29.6 Å². The highest BCUT2D eigenvalue weighted by Gasteiger charge is 2.35. The number of rotatable bonds is 6. The van der Waals surface area contributed by atoms with Gasteiger partial charge in [-0.05, 0) is 13.8 Å². The van der Waals surface area contributed by atoms with Crippen LogP contribution in [0.1, 0.15) is 33.6 Å². The summed E-state index contributed by atoms with van der Waals surface area (Å²) in [5.41, 5.74) is 0. The molecule has 1 aliphatic rings. The molecule has 116 valence electrons. The zero-order valence-corrected chi connectivity index (χ0v) is 12.1. The van der Waals surface area contributed by atoms with Gasteiger partial charge < -0.3 is 24.8 Å². The van der Waals surface area contributed by atoms with E-state index >= 15 is 0 Å². The van der Waals surface area contributed by atoms with Gasteiger partial charge in [0, 0.05) is 12.3 Å². The predicted molar refractivity (Wildman–Crippen MR) is 72.1 cm³/mol. The Morgan fingerprint density at radius 3 is 2.65 bits per heavy atom. The highest BCUT2D eigenvalue weighted by atomic mass is 16.7. The smallest absolute Gasteiger partial charge is 0.307 e. The van der Waals surface area contributed by atoms with Gasteiger partial charge in [0.15, 0.2) is 6.29 Å². The summed E-state index contributed by atoms with van der Waals surface area (Å²) in [4.78, 5) is 10.4. The molecule has 0 amide bonds. The Kier molecular flexibility index (Phi) is 6.61. The van der Waals surface area contributed by atoms with Crippen LogP contribution in [0.15, 0.2) is 12.2 Å². The summed E-state index contributed by atoms with van der Waals surface area (Å²) in [5.74, 6) is -0.886. The molecule has 0 aromatic carbocycles. The summed E-state index contributed by atoms with van der Waals surface area (Å²) in [6.07, 6.45) is 0.620. The van der Waals surface area contributed by atoms with E-state index in [0.717, 1.165) is 0 Å². The maximum Gasteiger partial charge on any atom is 0.307 e. The molecule has 1 aliphatic heterocycles. The summed E-state index contributed by atoms with van der Waals surface area (Å²) >= 11 is 0. The standard InChI is InChI=1S/C14H24O6/c1-8(5-4-6-13(17)18)9(2)19-14-12(16)7-11(15)10(3)20-14/h4-5,8-12,14-16H,6-7H2,1-3H3,(H,17,18)/b5-4-/t8?,9-,10?,11-,12+,14?/m1/s1. The molecule has 0 aromatic heterocycles.